The number of halogens is 3. The van der Waals surface area contributed by atoms with Crippen molar-refractivity contribution in [3.8, 4) is 0 Å². The standard InChI is InChI=1S/C35H39Cl2FN4O2/c1-33(2)11-13-34(14-12-33)19-24(28(43)17-20-3-5-21(6-4-20)26-10-16-40-42-26)29(23-9-15-39-31(37)30(23)38)35(34)25-8-7-22(36)18-27(25)41-32(35)44/h7-9,15-16,18,20-21,24,29H,3-6,10-14,17,19H2,1-2H3,(H,41,44)/t20?,21?,24-,29-,35+/m0/s1. The van der Waals surface area contributed by atoms with E-state index in [1.807, 2.05) is 18.3 Å². The van der Waals surface area contributed by atoms with Gasteiger partial charge in [0, 0.05) is 53.5 Å². The summed E-state index contributed by atoms with van der Waals surface area (Å²) in [4.78, 5) is 33.3. The van der Waals surface area contributed by atoms with Crippen molar-refractivity contribution in [3.05, 3.63) is 57.6 Å². The number of carbonyl (C=O) groups excluding carboxylic acids is 2. The van der Waals surface area contributed by atoms with E-state index in [0.717, 1.165) is 69.1 Å². The number of anilines is 1. The first-order valence-corrected chi connectivity index (χ1v) is 16.8. The van der Waals surface area contributed by atoms with E-state index in [4.69, 9.17) is 23.2 Å². The van der Waals surface area contributed by atoms with Gasteiger partial charge in [-0.25, -0.2) is 9.37 Å². The van der Waals surface area contributed by atoms with Gasteiger partial charge in [-0.2, -0.15) is 10.2 Å². The highest BCUT2D eigenvalue weighted by Gasteiger charge is 2.72. The number of benzene rings is 1. The second-order valence-corrected chi connectivity index (χ2v) is 15.5. The molecule has 44 heavy (non-hydrogen) atoms. The van der Waals surface area contributed by atoms with Crippen LogP contribution in [0.4, 0.5) is 10.1 Å². The molecule has 0 bridgehead atoms. The van der Waals surface area contributed by atoms with Crippen molar-refractivity contribution < 1.29 is 14.0 Å². The van der Waals surface area contributed by atoms with Gasteiger partial charge < -0.3 is 5.32 Å². The number of ketones is 1. The molecule has 1 N–H and O–H groups in total. The fourth-order valence-corrected chi connectivity index (χ4v) is 9.91. The molecule has 1 amide bonds. The largest absolute Gasteiger partial charge is 0.325 e. The van der Waals surface area contributed by atoms with Gasteiger partial charge in [0.15, 0.2) is 11.0 Å². The van der Waals surface area contributed by atoms with Gasteiger partial charge in [0.25, 0.3) is 0 Å². The molecule has 2 aliphatic heterocycles. The smallest absolute Gasteiger partial charge is 0.236 e. The predicted molar refractivity (Wildman–Crippen MR) is 172 cm³/mol. The Kier molecular flexibility index (Phi) is 7.52. The Labute approximate surface area is 268 Å². The van der Waals surface area contributed by atoms with Gasteiger partial charge in [-0.15, -0.1) is 0 Å². The number of nitrogens with one attached hydrogen (secondary N) is 1. The summed E-state index contributed by atoms with van der Waals surface area (Å²) in [6.07, 6.45) is 12.5. The Morgan fingerprint density at radius 3 is 2.52 bits per heavy atom. The Balaban J connectivity index is 1.31. The molecule has 3 heterocycles. The zero-order chi connectivity index (χ0) is 30.9. The molecule has 7 rings (SSSR count). The van der Waals surface area contributed by atoms with Crippen LogP contribution in [-0.4, -0.2) is 28.6 Å². The Morgan fingerprint density at radius 1 is 1.07 bits per heavy atom. The lowest BCUT2D eigenvalue weighted by atomic mass is 9.51. The van der Waals surface area contributed by atoms with E-state index in [1.165, 1.54) is 6.20 Å². The maximum Gasteiger partial charge on any atom is 0.236 e. The number of aromatic nitrogens is 1. The van der Waals surface area contributed by atoms with Crippen LogP contribution in [-0.2, 0) is 15.0 Å². The lowest BCUT2D eigenvalue weighted by Gasteiger charge is -2.51. The predicted octanol–water partition coefficient (Wildman–Crippen LogP) is 8.70. The molecule has 1 aromatic heterocycles. The summed E-state index contributed by atoms with van der Waals surface area (Å²) < 4.78 is 16.1. The lowest BCUT2D eigenvalue weighted by Crippen LogP contribution is -2.52. The van der Waals surface area contributed by atoms with Gasteiger partial charge in [0.05, 0.1) is 5.41 Å². The normalized spacial score (nSPS) is 31.8. The molecule has 2 spiro atoms. The zero-order valence-electron chi connectivity index (χ0n) is 25.3. The van der Waals surface area contributed by atoms with Gasteiger partial charge in [-0.3, -0.25) is 9.59 Å². The Bertz CT molecular complexity index is 1570. The Morgan fingerprint density at radius 2 is 1.82 bits per heavy atom. The van der Waals surface area contributed by atoms with Crippen molar-refractivity contribution >= 4 is 52.5 Å². The number of pyridine rings is 1. The van der Waals surface area contributed by atoms with Crippen LogP contribution in [0, 0.1) is 34.4 Å². The number of carbonyl (C=O) groups is 2. The third-order valence-corrected chi connectivity index (χ3v) is 12.4. The molecule has 1 aromatic carbocycles. The molecule has 3 saturated carbocycles. The highest BCUT2D eigenvalue weighted by molar-refractivity contribution is 6.31. The van der Waals surface area contributed by atoms with Gasteiger partial charge in [-0.05, 0) is 110 Å². The van der Waals surface area contributed by atoms with Crippen LogP contribution in [0.3, 0.4) is 0 Å². The number of Topliss-reactive ketones (excluding diaryl/α,β-unsaturated/α-hetero) is 1. The maximum atomic E-state index is 16.1. The fourth-order valence-electron chi connectivity index (χ4n) is 9.57. The average Bonchev–Trinajstić information content (AvgIpc) is 3.70. The molecule has 3 atom stereocenters. The second kappa shape index (κ2) is 11.0. The molecule has 2 aromatic rings. The second-order valence-electron chi connectivity index (χ2n) is 14.7. The van der Waals surface area contributed by atoms with Crippen LogP contribution in [0.1, 0.15) is 102 Å². The first-order valence-electron chi connectivity index (χ1n) is 16.1. The van der Waals surface area contributed by atoms with Crippen molar-refractivity contribution in [2.24, 2.45) is 38.8 Å². The number of rotatable bonds is 5. The quantitative estimate of drug-likeness (QED) is 0.333. The van der Waals surface area contributed by atoms with Gasteiger partial charge >= 0.3 is 0 Å². The van der Waals surface area contributed by atoms with E-state index < -0.39 is 28.5 Å². The fraction of sp³-hybridized carbons (Fsp3) is 0.571. The summed E-state index contributed by atoms with van der Waals surface area (Å²) in [7, 11) is 0. The molecular weight excluding hydrogens is 598 g/mol. The highest BCUT2D eigenvalue weighted by Crippen LogP contribution is 2.72. The van der Waals surface area contributed by atoms with E-state index in [9.17, 15) is 9.59 Å². The number of amides is 1. The minimum Gasteiger partial charge on any atom is -0.325 e. The van der Waals surface area contributed by atoms with Gasteiger partial charge in [0.2, 0.25) is 5.91 Å². The molecule has 0 unspecified atom stereocenters. The molecule has 5 aliphatic rings. The summed E-state index contributed by atoms with van der Waals surface area (Å²) >= 11 is 12.7. The molecule has 9 heteroatoms. The van der Waals surface area contributed by atoms with Gasteiger partial charge in [-0.1, -0.05) is 43.1 Å². The summed E-state index contributed by atoms with van der Waals surface area (Å²) in [5.74, 6) is -1.22. The maximum absolute atomic E-state index is 16.1. The minimum absolute atomic E-state index is 0.125. The molecule has 6 nitrogen and oxygen atoms in total. The van der Waals surface area contributed by atoms with Crippen molar-refractivity contribution in [2.75, 3.05) is 5.32 Å². The zero-order valence-corrected chi connectivity index (χ0v) is 26.9. The van der Waals surface area contributed by atoms with Crippen molar-refractivity contribution in [1.82, 2.24) is 4.98 Å². The first-order chi connectivity index (χ1) is 21.0. The third-order valence-electron chi connectivity index (χ3n) is 11.9. The van der Waals surface area contributed by atoms with E-state index in [0.29, 0.717) is 35.0 Å². The average molecular weight is 638 g/mol. The number of nitrogens with zero attached hydrogens (tertiary/aromatic N) is 3. The minimum atomic E-state index is -1.13. The van der Waals surface area contributed by atoms with Crippen LogP contribution >= 0.6 is 23.2 Å². The number of hydrogen-bond acceptors (Lipinski definition) is 5. The van der Waals surface area contributed by atoms with Crippen molar-refractivity contribution in [1.29, 1.82) is 0 Å². The first kappa shape index (κ1) is 30.0. The molecule has 0 saturated heterocycles. The van der Waals surface area contributed by atoms with Gasteiger partial charge in [0.1, 0.15) is 5.78 Å². The Hall–Kier alpha value is -2.64. The molecule has 0 radical (unpaired) electrons. The highest BCUT2D eigenvalue weighted by atomic mass is 35.5. The number of fused-ring (bicyclic) bond motifs is 3. The van der Waals surface area contributed by atoms with Crippen LogP contribution < -0.4 is 5.32 Å². The van der Waals surface area contributed by atoms with E-state index in [2.05, 4.69) is 34.4 Å². The van der Waals surface area contributed by atoms with E-state index in [-0.39, 0.29) is 28.2 Å². The van der Waals surface area contributed by atoms with Crippen LogP contribution in [0.25, 0.3) is 0 Å². The molecule has 232 valence electrons. The van der Waals surface area contributed by atoms with Crippen molar-refractivity contribution in [2.45, 2.75) is 95.8 Å². The SMILES string of the molecule is CC1(C)CCC2(CC1)C[C@@H](C(=O)CC1CCC(C3=NN=CC3)CC1)[C@H](c1ccnc(Cl)c1F)[C@]21C(=O)Nc2cc(Cl)ccc21. The van der Waals surface area contributed by atoms with Crippen molar-refractivity contribution in [3.63, 3.8) is 0 Å². The molecular formula is C35H39Cl2FN4O2. The van der Waals surface area contributed by atoms with E-state index in [1.54, 1.807) is 12.1 Å². The van der Waals surface area contributed by atoms with Crippen LogP contribution in [0.15, 0.2) is 40.7 Å². The summed E-state index contributed by atoms with van der Waals surface area (Å²) in [6.45, 7) is 4.54. The summed E-state index contributed by atoms with van der Waals surface area (Å²) in [5.41, 5.74) is 1.42. The monoisotopic (exact) mass is 636 g/mol. The molecule has 3 aliphatic carbocycles. The lowest BCUT2D eigenvalue weighted by molar-refractivity contribution is -0.127. The topological polar surface area (TPSA) is 83.8 Å². The van der Waals surface area contributed by atoms with Crippen LogP contribution in [0.5, 0.6) is 0 Å². The van der Waals surface area contributed by atoms with E-state index >= 15 is 4.39 Å². The third kappa shape index (κ3) is 4.67. The van der Waals surface area contributed by atoms with Crippen LogP contribution in [0.2, 0.25) is 10.2 Å². The summed E-state index contributed by atoms with van der Waals surface area (Å²) in [6, 6.07) is 7.15. The molecule has 3 fully saturated rings. The number of hydrogen-bond donors (Lipinski definition) is 1. The summed E-state index contributed by atoms with van der Waals surface area (Å²) in [5, 5.41) is 11.8.